The van der Waals surface area contributed by atoms with Crippen LogP contribution in [0.15, 0.2) is 12.7 Å². The summed E-state index contributed by atoms with van der Waals surface area (Å²) in [4.78, 5) is 0. The van der Waals surface area contributed by atoms with Gasteiger partial charge in [-0.2, -0.15) is 8.42 Å². The van der Waals surface area contributed by atoms with Gasteiger partial charge < -0.3 is 0 Å². The van der Waals surface area contributed by atoms with Crippen molar-refractivity contribution in [3.8, 4) is 0 Å². The fraction of sp³-hybridized carbons (Fsp3) is 0.333. The molecule has 1 radical (unpaired) electrons. The first-order valence-electron chi connectivity index (χ1n) is 1.79. The van der Waals surface area contributed by atoms with Crippen LogP contribution in [0.1, 0.15) is 0 Å². The second kappa shape index (κ2) is 5.76. The van der Waals surface area contributed by atoms with Crippen molar-refractivity contribution in [1.82, 2.24) is 0 Å². The SMILES string of the molecule is C=CCSS(=O)(=O)O.[Na]. The Balaban J connectivity index is 0. The van der Waals surface area contributed by atoms with Crippen molar-refractivity contribution in [3.05, 3.63) is 12.7 Å². The zero-order chi connectivity index (χ0) is 6.62. The van der Waals surface area contributed by atoms with Gasteiger partial charge in [0, 0.05) is 46.1 Å². The molecule has 0 saturated heterocycles. The van der Waals surface area contributed by atoms with E-state index in [4.69, 9.17) is 4.55 Å². The van der Waals surface area contributed by atoms with Gasteiger partial charge in [-0.25, -0.2) is 0 Å². The minimum Gasteiger partial charge on any atom is -0.277 e. The summed E-state index contributed by atoms with van der Waals surface area (Å²) in [5.74, 6) is 0.221. The maximum Gasteiger partial charge on any atom is 0.320 e. The molecule has 0 bridgehead atoms. The van der Waals surface area contributed by atoms with Gasteiger partial charge in [-0.15, -0.1) is 6.58 Å². The zero-order valence-corrected chi connectivity index (χ0v) is 8.70. The van der Waals surface area contributed by atoms with E-state index in [0.29, 0.717) is 10.8 Å². The van der Waals surface area contributed by atoms with Crippen LogP contribution in [0.3, 0.4) is 0 Å². The first-order chi connectivity index (χ1) is 3.56. The zero-order valence-electron chi connectivity index (χ0n) is 5.07. The smallest absolute Gasteiger partial charge is 0.277 e. The quantitative estimate of drug-likeness (QED) is 0.292. The van der Waals surface area contributed by atoms with Crippen molar-refractivity contribution in [1.29, 1.82) is 0 Å². The molecular formula is C3H6NaO3S2. The maximum absolute atomic E-state index is 9.86. The molecule has 0 saturated carbocycles. The van der Waals surface area contributed by atoms with Crippen molar-refractivity contribution >= 4 is 49.5 Å². The average molecular weight is 177 g/mol. The predicted molar refractivity (Wildman–Crippen MR) is 40.0 cm³/mol. The van der Waals surface area contributed by atoms with E-state index < -0.39 is 9.15 Å². The summed E-state index contributed by atoms with van der Waals surface area (Å²) in [5, 5.41) is 0. The van der Waals surface area contributed by atoms with E-state index in [1.165, 1.54) is 6.08 Å². The molecule has 0 amide bonds. The fourth-order valence-electron chi connectivity index (χ4n) is 0.134. The Hall–Kier alpha value is 1.000. The summed E-state index contributed by atoms with van der Waals surface area (Å²) in [6.07, 6.45) is 1.40. The molecule has 0 rings (SSSR count). The molecule has 3 nitrogen and oxygen atoms in total. The van der Waals surface area contributed by atoms with Crippen LogP contribution < -0.4 is 0 Å². The molecule has 0 aliphatic rings. The Kier molecular flexibility index (Phi) is 8.10. The van der Waals surface area contributed by atoms with Gasteiger partial charge in [0.05, 0.1) is 0 Å². The summed E-state index contributed by atoms with van der Waals surface area (Å²) < 4.78 is 27.8. The summed E-state index contributed by atoms with van der Waals surface area (Å²) in [6, 6.07) is 0. The average Bonchev–Trinajstić information content (AvgIpc) is 1.59. The molecule has 0 aliphatic carbocycles. The van der Waals surface area contributed by atoms with Gasteiger partial charge in [0.2, 0.25) is 0 Å². The third-order valence-corrected chi connectivity index (χ3v) is 2.31. The van der Waals surface area contributed by atoms with Gasteiger partial charge >= 0.3 is 9.15 Å². The Labute approximate surface area is 80.3 Å². The molecule has 6 heteroatoms. The molecule has 1 N–H and O–H groups in total. The van der Waals surface area contributed by atoms with Gasteiger partial charge in [0.25, 0.3) is 0 Å². The van der Waals surface area contributed by atoms with E-state index in [2.05, 4.69) is 6.58 Å². The molecule has 0 fully saturated rings. The normalized spacial score (nSPS) is 9.89. The number of hydrogen-bond donors (Lipinski definition) is 1. The van der Waals surface area contributed by atoms with Crippen molar-refractivity contribution in [2.75, 3.05) is 5.75 Å². The van der Waals surface area contributed by atoms with Crippen LogP contribution in [0.25, 0.3) is 0 Å². The van der Waals surface area contributed by atoms with Crippen LogP contribution in [0.4, 0.5) is 0 Å². The van der Waals surface area contributed by atoms with Crippen molar-refractivity contribution < 1.29 is 13.0 Å². The minimum absolute atomic E-state index is 0. The molecular weight excluding hydrogens is 171 g/mol. The second-order valence-corrected chi connectivity index (χ2v) is 4.40. The molecule has 0 atom stereocenters. The molecule has 0 aliphatic heterocycles. The van der Waals surface area contributed by atoms with Gasteiger partial charge in [-0.1, -0.05) is 6.08 Å². The Morgan fingerprint density at radius 3 is 2.22 bits per heavy atom. The van der Waals surface area contributed by atoms with Crippen molar-refractivity contribution in [2.45, 2.75) is 0 Å². The minimum atomic E-state index is -3.84. The molecule has 9 heavy (non-hydrogen) atoms. The molecule has 0 spiro atoms. The fourth-order valence-corrected chi connectivity index (χ4v) is 1.21. The first kappa shape index (κ1) is 12.7. The van der Waals surface area contributed by atoms with Crippen LogP contribution in [-0.2, 0) is 9.15 Å². The van der Waals surface area contributed by atoms with E-state index in [-0.39, 0.29) is 35.3 Å². The molecule has 0 aromatic heterocycles. The molecule has 0 aromatic rings. The topological polar surface area (TPSA) is 54.4 Å². The summed E-state index contributed by atoms with van der Waals surface area (Å²) >= 11 is 0. The van der Waals surface area contributed by atoms with Crippen LogP contribution >= 0.6 is 10.8 Å². The third kappa shape index (κ3) is 12.2. The van der Waals surface area contributed by atoms with E-state index in [1.54, 1.807) is 0 Å². The standard InChI is InChI=1S/C3H6O3S2.Na/c1-2-3-7-8(4,5)6;/h2H,1,3H2,(H,4,5,6);. The number of hydrogen-bond acceptors (Lipinski definition) is 3. The van der Waals surface area contributed by atoms with Crippen LogP contribution in [0, 0.1) is 0 Å². The Morgan fingerprint density at radius 1 is 1.67 bits per heavy atom. The monoisotopic (exact) mass is 177 g/mol. The molecule has 49 valence electrons. The van der Waals surface area contributed by atoms with E-state index in [0.717, 1.165) is 0 Å². The Morgan fingerprint density at radius 2 is 2.11 bits per heavy atom. The third-order valence-electron chi connectivity index (χ3n) is 0.335. The first-order valence-corrected chi connectivity index (χ1v) is 4.73. The largest absolute Gasteiger partial charge is 0.320 e. The molecule has 0 aromatic carbocycles. The molecule has 0 heterocycles. The summed E-state index contributed by atoms with van der Waals surface area (Å²) in [6.45, 7) is 3.27. The van der Waals surface area contributed by atoms with Gasteiger partial charge in [0.15, 0.2) is 0 Å². The van der Waals surface area contributed by atoms with Crippen LogP contribution in [0.2, 0.25) is 0 Å². The predicted octanol–water partition coefficient (Wildman–Crippen LogP) is 0.328. The van der Waals surface area contributed by atoms with E-state index in [9.17, 15) is 8.42 Å². The van der Waals surface area contributed by atoms with Gasteiger partial charge in [-0.3, -0.25) is 4.55 Å². The van der Waals surface area contributed by atoms with Crippen molar-refractivity contribution in [2.24, 2.45) is 0 Å². The maximum atomic E-state index is 9.86. The Bertz CT molecular complexity index is 162. The van der Waals surface area contributed by atoms with Crippen LogP contribution in [-0.4, -0.2) is 48.3 Å². The van der Waals surface area contributed by atoms with E-state index in [1.807, 2.05) is 0 Å². The second-order valence-electron chi connectivity index (χ2n) is 1.00. The number of rotatable bonds is 3. The van der Waals surface area contributed by atoms with Crippen LogP contribution in [0.5, 0.6) is 0 Å². The van der Waals surface area contributed by atoms with Crippen molar-refractivity contribution in [3.63, 3.8) is 0 Å². The summed E-state index contributed by atoms with van der Waals surface area (Å²) in [7, 11) is -3.40. The van der Waals surface area contributed by atoms with Gasteiger partial charge in [0.1, 0.15) is 0 Å². The summed E-state index contributed by atoms with van der Waals surface area (Å²) in [5.41, 5.74) is 0. The van der Waals surface area contributed by atoms with Gasteiger partial charge in [-0.05, 0) is 0 Å². The molecule has 0 unspecified atom stereocenters. The van der Waals surface area contributed by atoms with E-state index >= 15 is 0 Å².